The molecule has 0 unspecified atom stereocenters. The second-order valence-corrected chi connectivity index (χ2v) is 5.24. The molecule has 2 aromatic carbocycles. The van der Waals surface area contributed by atoms with Gasteiger partial charge in [-0.3, -0.25) is 9.69 Å². The van der Waals surface area contributed by atoms with Crippen molar-refractivity contribution in [2.75, 3.05) is 4.90 Å². The molecule has 2 rings (SSSR count). The van der Waals surface area contributed by atoms with Gasteiger partial charge in [-0.15, -0.1) is 0 Å². The highest BCUT2D eigenvalue weighted by Crippen LogP contribution is 2.26. The van der Waals surface area contributed by atoms with Gasteiger partial charge in [0, 0.05) is 11.3 Å². The number of benzene rings is 2. The Bertz CT molecular complexity index is 748. The molecule has 0 radical (unpaired) electrons. The molecule has 0 aliphatic carbocycles. The van der Waals surface area contributed by atoms with Crippen LogP contribution in [0.3, 0.4) is 0 Å². The Morgan fingerprint density at radius 1 is 1.17 bits per heavy atom. The normalized spacial score (nSPS) is 11.8. The van der Waals surface area contributed by atoms with Crippen LogP contribution in [0, 0.1) is 5.82 Å². The zero-order chi connectivity index (χ0) is 17.1. The molecule has 0 bridgehead atoms. The molecule has 0 aliphatic rings. The Kier molecular flexibility index (Phi) is 4.86. The number of hydrogen-bond donors (Lipinski definition) is 2. The SMILES string of the molecule is C[C@@H](C(=O)O)N(C(=O)c1ccc(O)cc1)c1ccc(F)c(Cl)c1. The standard InChI is InChI=1S/C16H13ClFNO4/c1-9(16(22)23)19(11-4-7-14(18)13(17)8-11)15(21)10-2-5-12(20)6-3-10/h2-9,20H,1H3,(H,22,23)/t9-/m0/s1. The molecule has 0 aliphatic heterocycles. The summed E-state index contributed by atoms with van der Waals surface area (Å²) in [6.45, 7) is 1.33. The Hall–Kier alpha value is -2.60. The van der Waals surface area contributed by atoms with Gasteiger partial charge in [0.05, 0.1) is 5.02 Å². The highest BCUT2D eigenvalue weighted by molar-refractivity contribution is 6.31. The van der Waals surface area contributed by atoms with E-state index in [2.05, 4.69) is 0 Å². The zero-order valence-electron chi connectivity index (χ0n) is 12.0. The molecule has 0 aromatic heterocycles. The van der Waals surface area contributed by atoms with E-state index in [0.717, 1.165) is 11.0 Å². The maximum atomic E-state index is 13.3. The number of carbonyl (C=O) groups is 2. The lowest BCUT2D eigenvalue weighted by Crippen LogP contribution is -2.43. The summed E-state index contributed by atoms with van der Waals surface area (Å²) >= 11 is 5.72. The molecular weight excluding hydrogens is 325 g/mol. The van der Waals surface area contributed by atoms with Gasteiger partial charge in [0.2, 0.25) is 0 Å². The number of phenols is 1. The molecule has 0 saturated carbocycles. The lowest BCUT2D eigenvalue weighted by molar-refractivity contribution is -0.138. The molecule has 0 fully saturated rings. The summed E-state index contributed by atoms with van der Waals surface area (Å²) in [5.74, 6) is -2.53. The topological polar surface area (TPSA) is 77.8 Å². The van der Waals surface area contributed by atoms with Gasteiger partial charge in [-0.25, -0.2) is 9.18 Å². The van der Waals surface area contributed by atoms with Crippen molar-refractivity contribution in [3.63, 3.8) is 0 Å². The number of nitrogens with zero attached hydrogens (tertiary/aromatic N) is 1. The van der Waals surface area contributed by atoms with E-state index in [0.29, 0.717) is 0 Å². The van der Waals surface area contributed by atoms with Crippen LogP contribution in [0.2, 0.25) is 5.02 Å². The quantitative estimate of drug-likeness (QED) is 0.897. The number of phenolic OH excluding ortho intramolecular Hbond substituents is 1. The molecule has 7 heteroatoms. The Morgan fingerprint density at radius 3 is 2.30 bits per heavy atom. The zero-order valence-corrected chi connectivity index (χ0v) is 12.8. The van der Waals surface area contributed by atoms with E-state index in [4.69, 9.17) is 11.6 Å². The predicted molar refractivity (Wildman–Crippen MR) is 83.4 cm³/mol. The summed E-state index contributed by atoms with van der Waals surface area (Å²) in [6.07, 6.45) is 0. The van der Waals surface area contributed by atoms with Gasteiger partial charge < -0.3 is 10.2 Å². The molecule has 1 atom stereocenters. The maximum Gasteiger partial charge on any atom is 0.326 e. The van der Waals surface area contributed by atoms with E-state index in [1.807, 2.05) is 0 Å². The predicted octanol–water partition coefficient (Wildman–Crippen LogP) is 3.30. The number of carboxylic acid groups (broad SMARTS) is 1. The van der Waals surface area contributed by atoms with Crippen molar-refractivity contribution in [1.82, 2.24) is 0 Å². The van der Waals surface area contributed by atoms with Crippen LogP contribution < -0.4 is 4.90 Å². The minimum absolute atomic E-state index is 0.0239. The minimum atomic E-state index is -1.22. The summed E-state index contributed by atoms with van der Waals surface area (Å²) in [5, 5.41) is 18.3. The van der Waals surface area contributed by atoms with E-state index in [1.54, 1.807) is 0 Å². The minimum Gasteiger partial charge on any atom is -0.508 e. The van der Waals surface area contributed by atoms with Gasteiger partial charge in [-0.05, 0) is 49.4 Å². The number of anilines is 1. The summed E-state index contributed by atoms with van der Waals surface area (Å²) < 4.78 is 13.3. The first-order valence-corrected chi connectivity index (χ1v) is 6.99. The number of aliphatic carboxylic acids is 1. The van der Waals surface area contributed by atoms with Gasteiger partial charge in [0.15, 0.2) is 0 Å². The highest BCUT2D eigenvalue weighted by atomic mass is 35.5. The van der Waals surface area contributed by atoms with Crippen molar-refractivity contribution in [2.45, 2.75) is 13.0 Å². The largest absolute Gasteiger partial charge is 0.508 e. The van der Waals surface area contributed by atoms with Crippen molar-refractivity contribution < 1.29 is 24.2 Å². The van der Waals surface area contributed by atoms with Crippen molar-refractivity contribution in [2.24, 2.45) is 0 Å². The third kappa shape index (κ3) is 3.60. The lowest BCUT2D eigenvalue weighted by Gasteiger charge is -2.27. The number of halogens is 2. The van der Waals surface area contributed by atoms with E-state index in [-0.39, 0.29) is 22.0 Å². The van der Waals surface area contributed by atoms with E-state index in [9.17, 15) is 24.2 Å². The summed E-state index contributed by atoms with van der Waals surface area (Å²) in [6, 6.07) is 7.69. The molecule has 120 valence electrons. The molecule has 5 nitrogen and oxygen atoms in total. The first-order chi connectivity index (χ1) is 10.8. The molecule has 0 saturated heterocycles. The molecule has 0 spiro atoms. The van der Waals surface area contributed by atoms with Crippen LogP contribution in [0.5, 0.6) is 5.75 Å². The van der Waals surface area contributed by atoms with E-state index >= 15 is 0 Å². The summed E-state index contributed by atoms with van der Waals surface area (Å²) in [4.78, 5) is 25.0. The highest BCUT2D eigenvalue weighted by Gasteiger charge is 2.28. The summed E-state index contributed by atoms with van der Waals surface area (Å²) in [5.41, 5.74) is 0.334. The Labute approximate surface area is 136 Å². The third-order valence-corrected chi connectivity index (χ3v) is 3.55. The van der Waals surface area contributed by atoms with E-state index < -0.39 is 23.7 Å². The van der Waals surface area contributed by atoms with Crippen LogP contribution in [-0.2, 0) is 4.79 Å². The van der Waals surface area contributed by atoms with Crippen LogP contribution in [0.25, 0.3) is 0 Å². The molecule has 0 heterocycles. The van der Waals surface area contributed by atoms with Crippen molar-refractivity contribution in [3.8, 4) is 5.75 Å². The number of amides is 1. The molecule has 23 heavy (non-hydrogen) atoms. The van der Waals surface area contributed by atoms with Crippen molar-refractivity contribution in [3.05, 3.63) is 58.9 Å². The second kappa shape index (κ2) is 6.66. The third-order valence-electron chi connectivity index (χ3n) is 3.26. The van der Waals surface area contributed by atoms with Gasteiger partial charge in [-0.2, -0.15) is 0 Å². The second-order valence-electron chi connectivity index (χ2n) is 4.83. The maximum absolute atomic E-state index is 13.3. The fourth-order valence-electron chi connectivity index (χ4n) is 2.01. The van der Waals surface area contributed by atoms with Gasteiger partial charge in [-0.1, -0.05) is 11.6 Å². The number of carboxylic acids is 1. The fraction of sp³-hybridized carbons (Fsp3) is 0.125. The number of hydrogen-bond acceptors (Lipinski definition) is 3. The fourth-order valence-corrected chi connectivity index (χ4v) is 2.18. The van der Waals surface area contributed by atoms with Crippen LogP contribution in [0.1, 0.15) is 17.3 Å². The molecular formula is C16H13ClFNO4. The number of carbonyl (C=O) groups excluding carboxylic acids is 1. The Morgan fingerprint density at radius 2 is 1.78 bits per heavy atom. The molecule has 1 amide bonds. The first kappa shape index (κ1) is 16.8. The average Bonchev–Trinajstić information content (AvgIpc) is 2.51. The van der Waals surface area contributed by atoms with E-state index in [1.165, 1.54) is 43.3 Å². The van der Waals surface area contributed by atoms with Crippen molar-refractivity contribution in [1.29, 1.82) is 0 Å². The van der Waals surface area contributed by atoms with Crippen molar-refractivity contribution >= 4 is 29.2 Å². The average molecular weight is 338 g/mol. The van der Waals surface area contributed by atoms with Crippen LogP contribution in [0.4, 0.5) is 10.1 Å². The lowest BCUT2D eigenvalue weighted by atomic mass is 10.1. The monoisotopic (exact) mass is 337 g/mol. The number of aromatic hydroxyl groups is 1. The van der Waals surface area contributed by atoms with Crippen LogP contribution in [0.15, 0.2) is 42.5 Å². The smallest absolute Gasteiger partial charge is 0.326 e. The molecule has 2 aromatic rings. The van der Waals surface area contributed by atoms with Crippen LogP contribution >= 0.6 is 11.6 Å². The Balaban J connectivity index is 2.49. The first-order valence-electron chi connectivity index (χ1n) is 6.61. The molecule has 2 N–H and O–H groups in total. The number of rotatable bonds is 4. The van der Waals surface area contributed by atoms with Gasteiger partial charge >= 0.3 is 5.97 Å². The summed E-state index contributed by atoms with van der Waals surface area (Å²) in [7, 11) is 0. The van der Waals surface area contributed by atoms with Gasteiger partial charge in [0.25, 0.3) is 5.91 Å². The van der Waals surface area contributed by atoms with Crippen LogP contribution in [-0.4, -0.2) is 28.1 Å². The van der Waals surface area contributed by atoms with Gasteiger partial charge in [0.1, 0.15) is 17.6 Å².